The number of benzene rings is 2. The summed E-state index contributed by atoms with van der Waals surface area (Å²) in [5.41, 5.74) is 1.34. The van der Waals surface area contributed by atoms with E-state index in [0.29, 0.717) is 11.3 Å². The molecule has 0 aliphatic rings. The first-order valence-electron chi connectivity index (χ1n) is 7.02. The lowest BCUT2D eigenvalue weighted by Gasteiger charge is -2.20. The third-order valence-corrected chi connectivity index (χ3v) is 3.74. The van der Waals surface area contributed by atoms with Crippen LogP contribution in [0.2, 0.25) is 5.02 Å². The zero-order valence-electron chi connectivity index (χ0n) is 12.9. The van der Waals surface area contributed by atoms with E-state index in [-0.39, 0.29) is 6.61 Å². The summed E-state index contributed by atoms with van der Waals surface area (Å²) in [4.78, 5) is 22.6. The predicted molar refractivity (Wildman–Crippen MR) is 88.2 cm³/mol. The van der Waals surface area contributed by atoms with Gasteiger partial charge in [-0.05, 0) is 35.7 Å². The molecule has 4 nitrogen and oxygen atoms in total. The Morgan fingerprint density at radius 2 is 1.61 bits per heavy atom. The van der Waals surface area contributed by atoms with E-state index in [1.165, 1.54) is 14.0 Å². The lowest BCUT2D eigenvalue weighted by molar-refractivity contribution is -0.169. The summed E-state index contributed by atoms with van der Waals surface area (Å²) >= 11 is 5.88. The largest absolute Gasteiger partial charge is 0.467 e. The van der Waals surface area contributed by atoms with Crippen LogP contribution in [0.4, 0.5) is 0 Å². The van der Waals surface area contributed by atoms with E-state index in [0.717, 1.165) is 16.7 Å². The van der Waals surface area contributed by atoms with E-state index in [2.05, 4.69) is 4.74 Å². The normalized spacial score (nSPS) is 13.2. The number of aldehydes is 1. The molecular weight excluding hydrogens is 316 g/mol. The van der Waals surface area contributed by atoms with Crippen molar-refractivity contribution in [2.45, 2.75) is 19.1 Å². The number of carbonyl (C=O) groups excluding carboxylic acids is 2. The maximum Gasteiger partial charge on any atom is 0.345 e. The fourth-order valence-corrected chi connectivity index (χ4v) is 2.14. The summed E-state index contributed by atoms with van der Waals surface area (Å²) < 4.78 is 9.99. The average Bonchev–Trinajstić information content (AvgIpc) is 2.60. The first-order valence-corrected chi connectivity index (χ1v) is 7.40. The summed E-state index contributed by atoms with van der Waals surface area (Å²) in [6.45, 7) is 1.51. The highest BCUT2D eigenvalue weighted by molar-refractivity contribution is 6.30. The minimum Gasteiger partial charge on any atom is -0.467 e. The van der Waals surface area contributed by atoms with Crippen molar-refractivity contribution in [1.29, 1.82) is 0 Å². The van der Waals surface area contributed by atoms with Gasteiger partial charge in [0, 0.05) is 5.02 Å². The molecule has 0 amide bonds. The molecule has 0 unspecified atom stereocenters. The monoisotopic (exact) mass is 332 g/mol. The van der Waals surface area contributed by atoms with Gasteiger partial charge in [-0.15, -0.1) is 0 Å². The van der Waals surface area contributed by atoms with Crippen LogP contribution in [0.3, 0.4) is 0 Å². The maximum absolute atomic E-state index is 11.6. The molecule has 120 valence electrons. The quantitative estimate of drug-likeness (QED) is 0.460. The lowest BCUT2D eigenvalue weighted by Crippen LogP contribution is -2.40. The fraction of sp³-hybridized carbons (Fsp3) is 0.222. The Labute approximate surface area is 140 Å². The third kappa shape index (κ3) is 4.18. The highest BCUT2D eigenvalue weighted by Crippen LogP contribution is 2.22. The summed E-state index contributed by atoms with van der Waals surface area (Å²) in [6, 6.07) is 15.2. The molecule has 0 spiro atoms. The van der Waals surface area contributed by atoms with E-state index in [1.54, 1.807) is 0 Å². The van der Waals surface area contributed by atoms with Gasteiger partial charge in [0.2, 0.25) is 5.60 Å². The van der Waals surface area contributed by atoms with Gasteiger partial charge in [0.25, 0.3) is 0 Å². The van der Waals surface area contributed by atoms with Gasteiger partial charge in [0.15, 0.2) is 6.29 Å². The van der Waals surface area contributed by atoms with E-state index < -0.39 is 11.6 Å². The molecule has 1 atom stereocenters. The van der Waals surface area contributed by atoms with E-state index in [1.807, 2.05) is 48.5 Å². The SMILES string of the molecule is COC(=O)[C@](C)(C=O)OCc1ccc(-c2ccc(Cl)cc2)cc1. The van der Waals surface area contributed by atoms with Crippen molar-refractivity contribution in [2.75, 3.05) is 7.11 Å². The van der Waals surface area contributed by atoms with Gasteiger partial charge in [-0.2, -0.15) is 0 Å². The van der Waals surface area contributed by atoms with Gasteiger partial charge < -0.3 is 9.47 Å². The minimum absolute atomic E-state index is 0.130. The fourth-order valence-electron chi connectivity index (χ4n) is 2.01. The predicted octanol–water partition coefficient (Wildman–Crippen LogP) is 3.65. The van der Waals surface area contributed by atoms with E-state index in [9.17, 15) is 9.59 Å². The average molecular weight is 333 g/mol. The molecule has 0 radical (unpaired) electrons. The number of carbonyl (C=O) groups is 2. The van der Waals surface area contributed by atoms with Crippen LogP contribution in [-0.2, 0) is 25.7 Å². The van der Waals surface area contributed by atoms with Crippen molar-refractivity contribution in [3.05, 3.63) is 59.1 Å². The Kier molecular flexibility index (Phi) is 5.53. The Morgan fingerprint density at radius 1 is 1.09 bits per heavy atom. The van der Waals surface area contributed by atoms with E-state index >= 15 is 0 Å². The van der Waals surface area contributed by atoms with Crippen LogP contribution in [-0.4, -0.2) is 25.0 Å². The molecular formula is C18H17ClO4. The zero-order chi connectivity index (χ0) is 16.9. The lowest BCUT2D eigenvalue weighted by atomic mass is 10.0. The van der Waals surface area contributed by atoms with Gasteiger partial charge in [-0.25, -0.2) is 4.79 Å². The molecule has 0 saturated carbocycles. The van der Waals surface area contributed by atoms with Crippen LogP contribution in [0, 0.1) is 0 Å². The van der Waals surface area contributed by atoms with Gasteiger partial charge in [-0.3, -0.25) is 4.79 Å². The van der Waals surface area contributed by atoms with Gasteiger partial charge in [0.05, 0.1) is 13.7 Å². The van der Waals surface area contributed by atoms with Crippen molar-refractivity contribution in [1.82, 2.24) is 0 Å². The molecule has 0 N–H and O–H groups in total. The molecule has 2 rings (SSSR count). The molecule has 23 heavy (non-hydrogen) atoms. The standard InChI is InChI=1S/C18H17ClO4/c1-18(12-20,17(21)22-2)23-11-13-3-5-14(6-4-13)15-7-9-16(19)10-8-15/h3-10,12H,11H2,1-2H3/t18-/m0/s1. The van der Waals surface area contributed by atoms with Crippen LogP contribution in [0.25, 0.3) is 11.1 Å². The number of rotatable bonds is 6. The number of halogens is 1. The Bertz CT molecular complexity index is 679. The van der Waals surface area contributed by atoms with Gasteiger partial charge >= 0.3 is 5.97 Å². The number of hydrogen-bond acceptors (Lipinski definition) is 4. The highest BCUT2D eigenvalue weighted by atomic mass is 35.5. The number of hydrogen-bond donors (Lipinski definition) is 0. The minimum atomic E-state index is -1.59. The number of esters is 1. The van der Waals surface area contributed by atoms with Crippen molar-refractivity contribution >= 4 is 23.9 Å². The second kappa shape index (κ2) is 7.40. The van der Waals surface area contributed by atoms with Crippen molar-refractivity contribution in [3.8, 4) is 11.1 Å². The topological polar surface area (TPSA) is 52.6 Å². The maximum atomic E-state index is 11.6. The van der Waals surface area contributed by atoms with E-state index in [4.69, 9.17) is 16.3 Å². The van der Waals surface area contributed by atoms with Crippen molar-refractivity contribution in [3.63, 3.8) is 0 Å². The molecule has 5 heteroatoms. The molecule has 0 bridgehead atoms. The molecule has 0 aliphatic heterocycles. The Morgan fingerprint density at radius 3 is 2.09 bits per heavy atom. The zero-order valence-corrected chi connectivity index (χ0v) is 13.7. The summed E-state index contributed by atoms with van der Waals surface area (Å²) in [5.74, 6) is -0.717. The third-order valence-electron chi connectivity index (χ3n) is 3.49. The molecule has 0 saturated heterocycles. The number of ether oxygens (including phenoxy) is 2. The molecule has 2 aromatic carbocycles. The first kappa shape index (κ1) is 17.2. The van der Waals surface area contributed by atoms with Crippen molar-refractivity contribution in [2.24, 2.45) is 0 Å². The van der Waals surface area contributed by atoms with Crippen LogP contribution in [0.5, 0.6) is 0 Å². The van der Waals surface area contributed by atoms with Crippen LogP contribution in [0.1, 0.15) is 12.5 Å². The molecule has 2 aromatic rings. The highest BCUT2D eigenvalue weighted by Gasteiger charge is 2.35. The van der Waals surface area contributed by atoms with Gasteiger partial charge in [-0.1, -0.05) is 48.0 Å². The smallest absolute Gasteiger partial charge is 0.345 e. The summed E-state index contributed by atoms with van der Waals surface area (Å²) in [5, 5.41) is 0.690. The van der Waals surface area contributed by atoms with Crippen LogP contribution >= 0.6 is 11.6 Å². The van der Waals surface area contributed by atoms with Crippen molar-refractivity contribution < 1.29 is 19.1 Å². The molecule has 0 aliphatic carbocycles. The number of methoxy groups -OCH3 is 1. The molecule has 0 aromatic heterocycles. The van der Waals surface area contributed by atoms with Crippen LogP contribution < -0.4 is 0 Å². The van der Waals surface area contributed by atoms with Crippen LogP contribution in [0.15, 0.2) is 48.5 Å². The van der Waals surface area contributed by atoms with Gasteiger partial charge in [0.1, 0.15) is 0 Å². The molecule has 0 fully saturated rings. The molecule has 0 heterocycles. The first-order chi connectivity index (χ1) is 11.0. The second-order valence-electron chi connectivity index (χ2n) is 5.21. The summed E-state index contributed by atoms with van der Waals surface area (Å²) in [6.07, 6.45) is 0.445. The second-order valence-corrected chi connectivity index (χ2v) is 5.65. The Hall–Kier alpha value is -2.17. The Balaban J connectivity index is 2.07. The summed E-state index contributed by atoms with van der Waals surface area (Å²) in [7, 11) is 1.22.